The van der Waals surface area contributed by atoms with Crippen LogP contribution in [0, 0.1) is 0 Å². The number of unbranched alkanes of at least 4 members (excludes halogenated alkanes) is 19. The minimum atomic E-state index is -0.853. The molecule has 0 aliphatic rings. The summed E-state index contributed by atoms with van der Waals surface area (Å²) < 4.78 is 0. The Morgan fingerprint density at radius 3 is 1.57 bits per heavy atom. The molecule has 4 heteroatoms. The number of nitrogens with one attached hydrogen (secondary N) is 1. The summed E-state index contributed by atoms with van der Waals surface area (Å²) >= 11 is 0. The average Bonchev–Trinajstić information content (AvgIpc) is 2.90. The van der Waals surface area contributed by atoms with Crippen molar-refractivity contribution in [2.45, 2.75) is 174 Å². The fraction of sp³-hybridized carbons (Fsp3) is 0.848. The largest absolute Gasteiger partial charge is 0.394 e. The van der Waals surface area contributed by atoms with Gasteiger partial charge >= 0.3 is 0 Å². The van der Waals surface area contributed by atoms with E-state index < -0.39 is 12.1 Å². The summed E-state index contributed by atoms with van der Waals surface area (Å²) in [6, 6.07) is -0.630. The zero-order chi connectivity index (χ0) is 27.2. The van der Waals surface area contributed by atoms with Crippen molar-refractivity contribution >= 4 is 5.91 Å². The molecule has 2 unspecified atom stereocenters. The lowest BCUT2D eigenvalue weighted by molar-refractivity contribution is -0.123. The van der Waals surface area contributed by atoms with Crippen LogP contribution in [0.4, 0.5) is 0 Å². The number of hydrogen-bond donors (Lipinski definition) is 3. The Hall–Kier alpha value is -1.13. The molecule has 1 amide bonds. The van der Waals surface area contributed by atoms with Gasteiger partial charge in [0.15, 0.2) is 0 Å². The van der Waals surface area contributed by atoms with Crippen molar-refractivity contribution in [3.05, 3.63) is 24.3 Å². The molecule has 0 heterocycles. The van der Waals surface area contributed by atoms with Gasteiger partial charge in [0.25, 0.3) is 0 Å². The molecule has 0 aromatic heterocycles. The van der Waals surface area contributed by atoms with Crippen LogP contribution < -0.4 is 5.32 Å². The molecule has 4 nitrogen and oxygen atoms in total. The molecule has 218 valence electrons. The van der Waals surface area contributed by atoms with Crippen LogP contribution in [0.1, 0.15) is 162 Å². The molecule has 0 aliphatic carbocycles. The van der Waals surface area contributed by atoms with Crippen LogP contribution in [0.25, 0.3) is 0 Å². The Morgan fingerprint density at radius 1 is 0.622 bits per heavy atom. The maximum Gasteiger partial charge on any atom is 0.220 e. The SMILES string of the molecule is CCCCC/C=C/CC/C=C/C(O)C(CO)NC(=O)CCCCCCCCCCCCCCCCCC. The van der Waals surface area contributed by atoms with E-state index in [4.69, 9.17) is 0 Å². The predicted molar refractivity (Wildman–Crippen MR) is 161 cm³/mol. The van der Waals surface area contributed by atoms with Gasteiger partial charge in [-0.2, -0.15) is 0 Å². The molecular weight excluding hydrogens is 458 g/mol. The maximum atomic E-state index is 12.2. The normalized spacial score (nSPS) is 13.5. The molecule has 0 bridgehead atoms. The average molecular weight is 522 g/mol. The quantitative estimate of drug-likeness (QED) is 0.0711. The monoisotopic (exact) mass is 521 g/mol. The zero-order valence-corrected chi connectivity index (χ0v) is 24.7. The zero-order valence-electron chi connectivity index (χ0n) is 24.7. The lowest BCUT2D eigenvalue weighted by atomic mass is 10.0. The van der Waals surface area contributed by atoms with Crippen molar-refractivity contribution in [3.8, 4) is 0 Å². The van der Waals surface area contributed by atoms with Crippen molar-refractivity contribution in [1.82, 2.24) is 5.32 Å². The third-order valence-corrected chi connectivity index (χ3v) is 7.19. The van der Waals surface area contributed by atoms with Crippen molar-refractivity contribution in [2.75, 3.05) is 6.61 Å². The standard InChI is InChI=1S/C33H63NO3/c1-3-5-7-9-11-13-14-15-16-17-18-19-21-23-25-27-29-33(37)34-31(30-35)32(36)28-26-24-22-20-12-10-8-6-4-2/h12,20,26,28,31-32,35-36H,3-11,13-19,21-25,27,29-30H2,1-2H3,(H,34,37)/b20-12+,28-26+. The molecule has 0 aliphatic heterocycles. The molecule has 37 heavy (non-hydrogen) atoms. The van der Waals surface area contributed by atoms with E-state index in [9.17, 15) is 15.0 Å². The first-order chi connectivity index (χ1) is 18.2. The minimum absolute atomic E-state index is 0.0770. The van der Waals surface area contributed by atoms with Crippen molar-refractivity contribution < 1.29 is 15.0 Å². The van der Waals surface area contributed by atoms with Crippen molar-refractivity contribution in [1.29, 1.82) is 0 Å². The first-order valence-corrected chi connectivity index (χ1v) is 16.1. The molecule has 0 saturated carbocycles. The summed E-state index contributed by atoms with van der Waals surface area (Å²) in [6.07, 6.45) is 35.4. The van der Waals surface area contributed by atoms with Gasteiger partial charge in [-0.1, -0.05) is 147 Å². The van der Waals surface area contributed by atoms with Crippen LogP contribution in [0.3, 0.4) is 0 Å². The smallest absolute Gasteiger partial charge is 0.220 e. The lowest BCUT2D eigenvalue weighted by Gasteiger charge is -2.19. The molecule has 0 saturated heterocycles. The summed E-state index contributed by atoms with van der Waals surface area (Å²) in [7, 11) is 0. The number of aliphatic hydroxyl groups excluding tert-OH is 2. The highest BCUT2D eigenvalue weighted by Gasteiger charge is 2.17. The van der Waals surface area contributed by atoms with Gasteiger partial charge in [0.05, 0.1) is 18.8 Å². The highest BCUT2D eigenvalue weighted by molar-refractivity contribution is 5.76. The molecule has 0 rings (SSSR count). The fourth-order valence-electron chi connectivity index (χ4n) is 4.66. The van der Waals surface area contributed by atoms with E-state index in [2.05, 4.69) is 31.3 Å². The summed E-state index contributed by atoms with van der Waals surface area (Å²) in [5.74, 6) is -0.0770. The topological polar surface area (TPSA) is 69.6 Å². The summed E-state index contributed by atoms with van der Waals surface area (Å²) in [5.41, 5.74) is 0. The first-order valence-electron chi connectivity index (χ1n) is 16.1. The second-order valence-electron chi connectivity index (χ2n) is 10.9. The first kappa shape index (κ1) is 35.9. The summed E-state index contributed by atoms with van der Waals surface area (Å²) in [5, 5.41) is 22.7. The number of amides is 1. The van der Waals surface area contributed by atoms with E-state index >= 15 is 0 Å². The Bertz CT molecular complexity index is 532. The third kappa shape index (κ3) is 26.3. The molecule has 0 fully saturated rings. The van der Waals surface area contributed by atoms with Gasteiger partial charge in [0.2, 0.25) is 5.91 Å². The van der Waals surface area contributed by atoms with Crippen LogP contribution in [0.2, 0.25) is 0 Å². The number of carbonyl (C=O) groups excluding carboxylic acids is 1. The Balaban J connectivity index is 3.63. The van der Waals surface area contributed by atoms with Gasteiger partial charge in [-0.15, -0.1) is 0 Å². The number of allylic oxidation sites excluding steroid dienone is 3. The minimum Gasteiger partial charge on any atom is -0.394 e. The molecule has 0 spiro atoms. The maximum absolute atomic E-state index is 12.2. The van der Waals surface area contributed by atoms with Crippen molar-refractivity contribution in [3.63, 3.8) is 0 Å². The third-order valence-electron chi connectivity index (χ3n) is 7.19. The van der Waals surface area contributed by atoms with Crippen LogP contribution in [0.5, 0.6) is 0 Å². The van der Waals surface area contributed by atoms with Crippen LogP contribution in [0.15, 0.2) is 24.3 Å². The molecule has 2 atom stereocenters. The van der Waals surface area contributed by atoms with E-state index in [1.54, 1.807) is 6.08 Å². The second-order valence-corrected chi connectivity index (χ2v) is 10.9. The fourth-order valence-corrected chi connectivity index (χ4v) is 4.66. The van der Waals surface area contributed by atoms with Crippen LogP contribution in [-0.4, -0.2) is 34.9 Å². The van der Waals surface area contributed by atoms with E-state index in [1.165, 1.54) is 109 Å². The van der Waals surface area contributed by atoms with Crippen LogP contribution in [-0.2, 0) is 4.79 Å². The number of carbonyl (C=O) groups is 1. The highest BCUT2D eigenvalue weighted by Crippen LogP contribution is 2.14. The van der Waals surface area contributed by atoms with Gasteiger partial charge in [-0.25, -0.2) is 0 Å². The number of rotatable bonds is 28. The van der Waals surface area contributed by atoms with Gasteiger partial charge < -0.3 is 15.5 Å². The Labute approximate surface area is 230 Å². The van der Waals surface area contributed by atoms with Gasteiger partial charge in [-0.05, 0) is 32.1 Å². The van der Waals surface area contributed by atoms with E-state index in [1.807, 2.05) is 6.08 Å². The van der Waals surface area contributed by atoms with E-state index in [0.29, 0.717) is 6.42 Å². The van der Waals surface area contributed by atoms with Gasteiger partial charge in [0.1, 0.15) is 0 Å². The lowest BCUT2D eigenvalue weighted by Crippen LogP contribution is -2.45. The van der Waals surface area contributed by atoms with Gasteiger partial charge in [0, 0.05) is 6.42 Å². The second kappa shape index (κ2) is 29.4. The molecule has 0 aromatic carbocycles. The highest BCUT2D eigenvalue weighted by atomic mass is 16.3. The summed E-state index contributed by atoms with van der Waals surface area (Å²) in [6.45, 7) is 4.23. The van der Waals surface area contributed by atoms with Crippen LogP contribution >= 0.6 is 0 Å². The molecule has 3 N–H and O–H groups in total. The van der Waals surface area contributed by atoms with E-state index in [0.717, 1.165) is 32.1 Å². The number of hydrogen-bond acceptors (Lipinski definition) is 3. The Morgan fingerprint density at radius 2 is 1.05 bits per heavy atom. The predicted octanol–water partition coefficient (Wildman–Crippen LogP) is 8.95. The number of aliphatic hydroxyl groups is 2. The molecular formula is C33H63NO3. The van der Waals surface area contributed by atoms with Crippen molar-refractivity contribution in [2.24, 2.45) is 0 Å². The van der Waals surface area contributed by atoms with Gasteiger partial charge in [-0.3, -0.25) is 4.79 Å². The van der Waals surface area contributed by atoms with E-state index in [-0.39, 0.29) is 12.5 Å². The molecule has 0 radical (unpaired) electrons. The molecule has 0 aromatic rings. The summed E-state index contributed by atoms with van der Waals surface area (Å²) in [4.78, 5) is 12.2. The Kier molecular flexibility index (Phi) is 28.5.